The molecular formula is C43H80NO7+. The standard InChI is InChI=1S/C43H79NO7/c1-6-8-10-12-14-16-18-19-20-21-22-23-24-26-28-30-32-34-42(46)51-39(37-49-36-35-40(43(47)48)44(3,4)5)38-50-41(45)33-31-29-27-25-17-15-13-11-9-7-2/h11,13,19-20,39-40H,6-10,12,14-18,21-38H2,1-5H3/p+1/b13-11-,20-19-. The van der Waals surface area contributed by atoms with Crippen molar-refractivity contribution in [1.82, 2.24) is 0 Å². The number of likely N-dealkylation sites (N-methyl/N-ethyl adjacent to an activating group) is 1. The van der Waals surface area contributed by atoms with Gasteiger partial charge in [0.25, 0.3) is 0 Å². The highest BCUT2D eigenvalue weighted by atomic mass is 16.6. The molecule has 0 bridgehead atoms. The van der Waals surface area contributed by atoms with Gasteiger partial charge in [-0.1, -0.05) is 128 Å². The van der Waals surface area contributed by atoms with Gasteiger partial charge in [0, 0.05) is 19.3 Å². The van der Waals surface area contributed by atoms with Crippen LogP contribution in [0.2, 0.25) is 0 Å². The number of hydrogen-bond acceptors (Lipinski definition) is 6. The van der Waals surface area contributed by atoms with Gasteiger partial charge in [-0.15, -0.1) is 0 Å². The second-order valence-electron chi connectivity index (χ2n) is 15.2. The van der Waals surface area contributed by atoms with Crippen molar-refractivity contribution in [3.8, 4) is 0 Å². The van der Waals surface area contributed by atoms with E-state index in [2.05, 4.69) is 38.2 Å². The van der Waals surface area contributed by atoms with Gasteiger partial charge in [-0.05, 0) is 57.8 Å². The first-order chi connectivity index (χ1) is 24.6. The fraction of sp³-hybridized carbons (Fsp3) is 0.837. The summed E-state index contributed by atoms with van der Waals surface area (Å²) >= 11 is 0. The number of esters is 2. The molecule has 8 nitrogen and oxygen atoms in total. The Labute approximate surface area is 313 Å². The third-order valence-electron chi connectivity index (χ3n) is 9.30. The third kappa shape index (κ3) is 33.4. The number of aliphatic carboxylic acids is 1. The van der Waals surface area contributed by atoms with Crippen molar-refractivity contribution in [2.24, 2.45) is 0 Å². The summed E-state index contributed by atoms with van der Waals surface area (Å²) in [6.45, 7) is 4.66. The largest absolute Gasteiger partial charge is 0.477 e. The van der Waals surface area contributed by atoms with Crippen LogP contribution in [0.5, 0.6) is 0 Å². The zero-order valence-corrected chi connectivity index (χ0v) is 33.8. The Balaban J connectivity index is 4.35. The zero-order chi connectivity index (χ0) is 37.8. The van der Waals surface area contributed by atoms with Crippen LogP contribution in [0, 0.1) is 0 Å². The van der Waals surface area contributed by atoms with Gasteiger partial charge in [0.2, 0.25) is 0 Å². The molecule has 0 heterocycles. The number of unbranched alkanes of at least 4 members (excludes halogenated alkanes) is 19. The highest BCUT2D eigenvalue weighted by Gasteiger charge is 2.31. The van der Waals surface area contributed by atoms with Crippen molar-refractivity contribution in [1.29, 1.82) is 0 Å². The lowest BCUT2D eigenvalue weighted by molar-refractivity contribution is -0.887. The van der Waals surface area contributed by atoms with Gasteiger partial charge in [0.1, 0.15) is 6.61 Å². The average molecular weight is 723 g/mol. The van der Waals surface area contributed by atoms with Crippen molar-refractivity contribution in [2.75, 3.05) is 41.0 Å². The van der Waals surface area contributed by atoms with Crippen LogP contribution in [-0.2, 0) is 28.6 Å². The van der Waals surface area contributed by atoms with Crippen LogP contribution in [-0.4, -0.2) is 80.6 Å². The first-order valence-corrected chi connectivity index (χ1v) is 20.9. The summed E-state index contributed by atoms with van der Waals surface area (Å²) in [7, 11) is 5.52. The Morgan fingerprint density at radius 3 is 1.49 bits per heavy atom. The minimum absolute atomic E-state index is 0.0550. The molecule has 0 fully saturated rings. The lowest BCUT2D eigenvalue weighted by Crippen LogP contribution is -2.50. The van der Waals surface area contributed by atoms with Crippen molar-refractivity contribution in [3.05, 3.63) is 24.3 Å². The number of carbonyl (C=O) groups is 3. The Morgan fingerprint density at radius 1 is 0.569 bits per heavy atom. The summed E-state index contributed by atoms with van der Waals surface area (Å²) in [5.41, 5.74) is 0. The molecule has 2 atom stereocenters. The van der Waals surface area contributed by atoms with Gasteiger partial charge >= 0.3 is 17.9 Å². The molecule has 2 unspecified atom stereocenters. The SMILES string of the molecule is CCC/C=C\CCCCCCCC(=O)OCC(COCCC(C(=O)O)[N+](C)(C)C)OC(=O)CCCCCCCCC/C=C\CCCCCCCC. The maximum atomic E-state index is 12.7. The molecule has 0 aliphatic carbocycles. The first-order valence-electron chi connectivity index (χ1n) is 20.9. The third-order valence-corrected chi connectivity index (χ3v) is 9.30. The molecule has 0 aromatic heterocycles. The molecule has 0 aliphatic heterocycles. The van der Waals surface area contributed by atoms with E-state index in [4.69, 9.17) is 14.2 Å². The minimum Gasteiger partial charge on any atom is -0.477 e. The highest BCUT2D eigenvalue weighted by Crippen LogP contribution is 2.14. The van der Waals surface area contributed by atoms with E-state index < -0.39 is 18.1 Å². The van der Waals surface area contributed by atoms with E-state index in [-0.39, 0.29) is 36.2 Å². The van der Waals surface area contributed by atoms with Crippen LogP contribution in [0.15, 0.2) is 24.3 Å². The van der Waals surface area contributed by atoms with Crippen LogP contribution >= 0.6 is 0 Å². The number of hydrogen-bond donors (Lipinski definition) is 1. The maximum Gasteiger partial charge on any atom is 0.362 e. The summed E-state index contributed by atoms with van der Waals surface area (Å²) in [5.74, 6) is -1.48. The van der Waals surface area contributed by atoms with Gasteiger partial charge < -0.3 is 23.8 Å². The number of carboxylic acids is 1. The van der Waals surface area contributed by atoms with Crippen LogP contribution in [0.25, 0.3) is 0 Å². The number of nitrogens with zero attached hydrogens (tertiary/aromatic N) is 1. The summed E-state index contributed by atoms with van der Waals surface area (Å²) in [6.07, 6.45) is 36.5. The van der Waals surface area contributed by atoms with E-state index in [0.717, 1.165) is 57.8 Å². The van der Waals surface area contributed by atoms with Crippen LogP contribution in [0.4, 0.5) is 0 Å². The molecule has 51 heavy (non-hydrogen) atoms. The Bertz CT molecular complexity index is 895. The smallest absolute Gasteiger partial charge is 0.362 e. The lowest BCUT2D eigenvalue weighted by atomic mass is 10.1. The van der Waals surface area contributed by atoms with E-state index in [0.29, 0.717) is 19.3 Å². The average Bonchev–Trinajstić information content (AvgIpc) is 3.08. The Morgan fingerprint density at radius 2 is 1.02 bits per heavy atom. The summed E-state index contributed by atoms with van der Waals surface area (Å²) < 4.78 is 17.2. The fourth-order valence-corrected chi connectivity index (χ4v) is 6.03. The number of quaternary nitrogens is 1. The van der Waals surface area contributed by atoms with Crippen molar-refractivity contribution >= 4 is 17.9 Å². The van der Waals surface area contributed by atoms with E-state index in [1.165, 1.54) is 89.9 Å². The highest BCUT2D eigenvalue weighted by molar-refractivity contribution is 5.72. The molecular weight excluding hydrogens is 642 g/mol. The molecule has 298 valence electrons. The van der Waals surface area contributed by atoms with Gasteiger partial charge in [-0.25, -0.2) is 4.79 Å². The van der Waals surface area contributed by atoms with Gasteiger partial charge in [0.15, 0.2) is 12.1 Å². The molecule has 0 saturated heterocycles. The monoisotopic (exact) mass is 723 g/mol. The second kappa shape index (κ2) is 34.9. The summed E-state index contributed by atoms with van der Waals surface area (Å²) in [4.78, 5) is 36.8. The Hall–Kier alpha value is -2.19. The molecule has 0 radical (unpaired) electrons. The number of rotatable bonds is 37. The van der Waals surface area contributed by atoms with Gasteiger partial charge in [0.05, 0.1) is 34.4 Å². The van der Waals surface area contributed by atoms with E-state index in [1.807, 2.05) is 21.1 Å². The predicted octanol–water partition coefficient (Wildman–Crippen LogP) is 10.9. The van der Waals surface area contributed by atoms with Gasteiger partial charge in [-0.3, -0.25) is 9.59 Å². The minimum atomic E-state index is -0.877. The number of ether oxygens (including phenoxy) is 3. The van der Waals surface area contributed by atoms with E-state index in [9.17, 15) is 19.5 Å². The molecule has 8 heteroatoms. The maximum absolute atomic E-state index is 12.7. The van der Waals surface area contributed by atoms with Crippen LogP contribution < -0.4 is 0 Å². The van der Waals surface area contributed by atoms with E-state index >= 15 is 0 Å². The summed E-state index contributed by atoms with van der Waals surface area (Å²) in [6, 6.07) is -0.613. The van der Waals surface area contributed by atoms with Crippen molar-refractivity contribution in [2.45, 2.75) is 193 Å². The molecule has 0 aromatic rings. The molecule has 0 rings (SSSR count). The van der Waals surface area contributed by atoms with Crippen LogP contribution in [0.1, 0.15) is 181 Å². The number of carbonyl (C=O) groups excluding carboxylic acids is 2. The quantitative estimate of drug-likeness (QED) is 0.0295. The summed E-state index contributed by atoms with van der Waals surface area (Å²) in [5, 5.41) is 9.59. The van der Waals surface area contributed by atoms with Crippen molar-refractivity contribution in [3.63, 3.8) is 0 Å². The number of allylic oxidation sites excluding steroid dienone is 4. The molecule has 0 spiro atoms. The molecule has 1 N–H and O–H groups in total. The molecule has 0 amide bonds. The Kier molecular flexibility index (Phi) is 33.4. The topological polar surface area (TPSA) is 99.1 Å². The first kappa shape index (κ1) is 48.8. The normalized spacial score (nSPS) is 13.2. The van der Waals surface area contributed by atoms with Crippen LogP contribution in [0.3, 0.4) is 0 Å². The van der Waals surface area contributed by atoms with E-state index in [1.54, 1.807) is 0 Å². The number of carboxylic acid groups (broad SMARTS) is 1. The zero-order valence-electron chi connectivity index (χ0n) is 33.8. The second-order valence-corrected chi connectivity index (χ2v) is 15.2. The predicted molar refractivity (Wildman–Crippen MR) is 211 cm³/mol. The molecule has 0 aromatic carbocycles. The van der Waals surface area contributed by atoms with Crippen molar-refractivity contribution < 1.29 is 38.2 Å². The lowest BCUT2D eigenvalue weighted by Gasteiger charge is -2.31. The molecule has 0 saturated carbocycles. The van der Waals surface area contributed by atoms with Gasteiger partial charge in [-0.2, -0.15) is 0 Å². The molecule has 0 aliphatic rings. The fourth-order valence-electron chi connectivity index (χ4n) is 6.03.